The molecule has 0 bridgehead atoms. The topological polar surface area (TPSA) is 55.4 Å². The zero-order valence-corrected chi connectivity index (χ0v) is 15.6. The minimum Gasteiger partial charge on any atom is -0.491 e. The van der Waals surface area contributed by atoms with Gasteiger partial charge in [-0.2, -0.15) is 0 Å². The van der Waals surface area contributed by atoms with Crippen LogP contribution in [0.3, 0.4) is 0 Å². The summed E-state index contributed by atoms with van der Waals surface area (Å²) in [6.45, 7) is 5.88. The number of rotatable bonds is 8. The number of carbonyl (C=O) groups excluding carboxylic acids is 2. The molecule has 0 aliphatic carbocycles. The lowest BCUT2D eigenvalue weighted by molar-refractivity contribution is -0.113. The molecule has 0 saturated heterocycles. The fraction of sp³-hybridized carbons (Fsp3) is 0.300. The predicted molar refractivity (Wildman–Crippen MR) is 104 cm³/mol. The van der Waals surface area contributed by atoms with Crippen molar-refractivity contribution >= 4 is 29.1 Å². The maximum Gasteiger partial charge on any atom is 0.234 e. The quantitative estimate of drug-likeness (QED) is 0.714. The molecule has 0 radical (unpaired) electrons. The van der Waals surface area contributed by atoms with E-state index in [9.17, 15) is 9.59 Å². The second-order valence-electron chi connectivity index (χ2n) is 6.02. The fourth-order valence-electron chi connectivity index (χ4n) is 2.23. The van der Waals surface area contributed by atoms with Gasteiger partial charge in [0.2, 0.25) is 5.91 Å². The minimum atomic E-state index is -0.107. The Morgan fingerprint density at radius 1 is 1.08 bits per heavy atom. The first-order valence-electron chi connectivity index (χ1n) is 8.18. The van der Waals surface area contributed by atoms with Crippen molar-refractivity contribution in [1.82, 2.24) is 0 Å². The van der Waals surface area contributed by atoms with Gasteiger partial charge in [0.15, 0.2) is 5.78 Å². The molecule has 2 aromatic rings. The zero-order valence-electron chi connectivity index (χ0n) is 14.7. The monoisotopic (exact) mass is 357 g/mol. The van der Waals surface area contributed by atoms with Gasteiger partial charge in [-0.05, 0) is 62.7 Å². The SMILES string of the molecule is Cc1cccc(NC(=O)CSCC(=O)c2ccc(OC(C)C)cc2)c1. The van der Waals surface area contributed by atoms with Gasteiger partial charge < -0.3 is 10.1 Å². The number of carbonyl (C=O) groups is 2. The summed E-state index contributed by atoms with van der Waals surface area (Å²) in [6.07, 6.45) is 0.101. The Bertz CT molecular complexity index is 726. The van der Waals surface area contributed by atoms with Gasteiger partial charge in [0.1, 0.15) is 5.75 Å². The van der Waals surface area contributed by atoms with Crippen molar-refractivity contribution < 1.29 is 14.3 Å². The van der Waals surface area contributed by atoms with E-state index in [1.165, 1.54) is 11.8 Å². The highest BCUT2D eigenvalue weighted by atomic mass is 32.2. The molecule has 25 heavy (non-hydrogen) atoms. The molecule has 0 spiro atoms. The lowest BCUT2D eigenvalue weighted by atomic mass is 10.1. The molecular formula is C20H23NO3S. The number of aryl methyl sites for hydroxylation is 1. The molecule has 0 aliphatic heterocycles. The molecule has 0 heterocycles. The molecule has 1 amide bonds. The van der Waals surface area contributed by atoms with Crippen molar-refractivity contribution in [3.05, 3.63) is 59.7 Å². The van der Waals surface area contributed by atoms with Gasteiger partial charge in [-0.15, -0.1) is 11.8 Å². The summed E-state index contributed by atoms with van der Waals surface area (Å²) >= 11 is 1.31. The van der Waals surface area contributed by atoms with Crippen LogP contribution >= 0.6 is 11.8 Å². The minimum absolute atomic E-state index is 0.00412. The molecule has 1 N–H and O–H groups in total. The number of Topliss-reactive ketones (excluding diaryl/α,β-unsaturated/α-hetero) is 1. The van der Waals surface area contributed by atoms with Gasteiger partial charge >= 0.3 is 0 Å². The molecule has 0 unspecified atom stereocenters. The van der Waals surface area contributed by atoms with Gasteiger partial charge in [0.25, 0.3) is 0 Å². The molecule has 0 aliphatic rings. The Kier molecular flexibility index (Phi) is 7.07. The number of benzene rings is 2. The molecule has 4 nitrogen and oxygen atoms in total. The lowest BCUT2D eigenvalue weighted by Crippen LogP contribution is -2.15. The third-order valence-electron chi connectivity index (χ3n) is 3.32. The fourth-order valence-corrected chi connectivity index (χ4v) is 2.94. The Morgan fingerprint density at radius 2 is 1.80 bits per heavy atom. The van der Waals surface area contributed by atoms with Crippen molar-refractivity contribution in [2.45, 2.75) is 26.9 Å². The smallest absolute Gasteiger partial charge is 0.234 e. The molecule has 5 heteroatoms. The van der Waals surface area contributed by atoms with Crippen LogP contribution in [-0.2, 0) is 4.79 Å². The van der Waals surface area contributed by atoms with E-state index in [1.54, 1.807) is 24.3 Å². The third-order valence-corrected chi connectivity index (χ3v) is 4.25. The first-order valence-corrected chi connectivity index (χ1v) is 9.33. The molecule has 0 fully saturated rings. The standard InChI is InChI=1S/C20H23NO3S/c1-14(2)24-18-9-7-16(8-10-18)19(22)12-25-13-20(23)21-17-6-4-5-15(3)11-17/h4-11,14H,12-13H2,1-3H3,(H,21,23). The Balaban J connectivity index is 1.77. The molecule has 2 aromatic carbocycles. The zero-order chi connectivity index (χ0) is 18.2. The summed E-state index contributed by atoms with van der Waals surface area (Å²) in [5, 5.41) is 2.83. The molecule has 0 saturated carbocycles. The van der Waals surface area contributed by atoms with Crippen molar-refractivity contribution in [3.63, 3.8) is 0 Å². The lowest BCUT2D eigenvalue weighted by Gasteiger charge is -2.09. The van der Waals surface area contributed by atoms with E-state index in [0.29, 0.717) is 5.56 Å². The van der Waals surface area contributed by atoms with Gasteiger partial charge in [-0.3, -0.25) is 9.59 Å². The second-order valence-corrected chi connectivity index (χ2v) is 7.01. The predicted octanol–water partition coefficient (Wildman–Crippen LogP) is 4.34. The number of hydrogen-bond donors (Lipinski definition) is 1. The number of anilines is 1. The second kappa shape index (κ2) is 9.28. The van der Waals surface area contributed by atoms with E-state index in [4.69, 9.17) is 4.74 Å². The van der Waals surface area contributed by atoms with Gasteiger partial charge in [-0.25, -0.2) is 0 Å². The largest absolute Gasteiger partial charge is 0.491 e. The van der Waals surface area contributed by atoms with Crippen LogP contribution in [0.2, 0.25) is 0 Å². The van der Waals surface area contributed by atoms with Crippen molar-refractivity contribution in [2.24, 2.45) is 0 Å². The van der Waals surface area contributed by atoms with E-state index in [2.05, 4.69) is 5.32 Å². The number of amides is 1. The van der Waals surface area contributed by atoms with Gasteiger partial charge in [-0.1, -0.05) is 12.1 Å². The average Bonchev–Trinajstić information content (AvgIpc) is 2.55. The molecule has 0 aromatic heterocycles. The summed E-state index contributed by atoms with van der Waals surface area (Å²) < 4.78 is 5.56. The number of nitrogens with one attached hydrogen (secondary N) is 1. The summed E-state index contributed by atoms with van der Waals surface area (Å²) in [7, 11) is 0. The number of ketones is 1. The average molecular weight is 357 g/mol. The van der Waals surface area contributed by atoms with Gasteiger partial charge in [0, 0.05) is 11.3 Å². The molecule has 0 atom stereocenters. The summed E-state index contributed by atoms with van der Waals surface area (Å²) in [5.74, 6) is 1.16. The maximum atomic E-state index is 12.2. The normalized spacial score (nSPS) is 10.6. The molecule has 132 valence electrons. The summed E-state index contributed by atoms with van der Waals surface area (Å²) in [4.78, 5) is 24.1. The van der Waals surface area contributed by atoms with Crippen LogP contribution < -0.4 is 10.1 Å². The van der Waals surface area contributed by atoms with Crippen molar-refractivity contribution in [2.75, 3.05) is 16.8 Å². The van der Waals surface area contributed by atoms with Crippen LogP contribution in [0.25, 0.3) is 0 Å². The number of hydrogen-bond acceptors (Lipinski definition) is 4. The van der Waals surface area contributed by atoms with Crippen molar-refractivity contribution in [3.8, 4) is 5.75 Å². The Hall–Kier alpha value is -2.27. The Labute approximate surface area is 153 Å². The van der Waals surface area contributed by atoms with Crippen LogP contribution in [0.15, 0.2) is 48.5 Å². The number of thioether (sulfide) groups is 1. The van der Waals surface area contributed by atoms with Crippen molar-refractivity contribution in [1.29, 1.82) is 0 Å². The van der Waals surface area contributed by atoms with Crippen LogP contribution in [0.4, 0.5) is 5.69 Å². The van der Waals surface area contributed by atoms with E-state index >= 15 is 0 Å². The van der Waals surface area contributed by atoms with Crippen LogP contribution in [0.5, 0.6) is 5.75 Å². The third kappa shape index (κ3) is 6.63. The highest BCUT2D eigenvalue weighted by Gasteiger charge is 2.09. The highest BCUT2D eigenvalue weighted by Crippen LogP contribution is 2.16. The summed E-state index contributed by atoms with van der Waals surface area (Å²) in [5.41, 5.74) is 2.49. The van der Waals surface area contributed by atoms with E-state index in [0.717, 1.165) is 17.0 Å². The number of ether oxygens (including phenoxy) is 1. The highest BCUT2D eigenvalue weighted by molar-refractivity contribution is 8.00. The van der Waals surface area contributed by atoms with Gasteiger partial charge in [0.05, 0.1) is 17.6 Å². The Morgan fingerprint density at radius 3 is 2.44 bits per heavy atom. The van der Waals surface area contributed by atoms with E-state index in [1.807, 2.05) is 45.0 Å². The maximum absolute atomic E-state index is 12.2. The molecular weight excluding hydrogens is 334 g/mol. The van der Waals surface area contributed by atoms with Crippen LogP contribution in [0.1, 0.15) is 29.8 Å². The van der Waals surface area contributed by atoms with E-state index in [-0.39, 0.29) is 29.3 Å². The van der Waals surface area contributed by atoms with Crippen LogP contribution in [-0.4, -0.2) is 29.3 Å². The molecule has 2 rings (SSSR count). The van der Waals surface area contributed by atoms with Crippen LogP contribution in [0, 0.1) is 6.92 Å². The summed E-state index contributed by atoms with van der Waals surface area (Å²) in [6, 6.07) is 14.7. The first kappa shape index (κ1) is 19.1. The van der Waals surface area contributed by atoms with E-state index < -0.39 is 0 Å². The first-order chi connectivity index (χ1) is 11.9.